The van der Waals surface area contributed by atoms with Crippen molar-refractivity contribution in [3.63, 3.8) is 0 Å². The molecule has 1 heterocycles. The second-order valence-electron chi connectivity index (χ2n) is 5.06. The first-order chi connectivity index (χ1) is 9.72. The van der Waals surface area contributed by atoms with Crippen LogP contribution in [0.1, 0.15) is 12.5 Å². The van der Waals surface area contributed by atoms with Crippen molar-refractivity contribution in [1.29, 1.82) is 0 Å². The zero-order valence-corrected chi connectivity index (χ0v) is 12.2. The van der Waals surface area contributed by atoms with Crippen LogP contribution in [-0.2, 0) is 11.2 Å². The summed E-state index contributed by atoms with van der Waals surface area (Å²) in [5.41, 5.74) is 7.63. The second-order valence-corrected chi connectivity index (χ2v) is 5.06. The molecule has 1 fully saturated rings. The fourth-order valence-corrected chi connectivity index (χ4v) is 2.41. The Balaban J connectivity index is 1.94. The Morgan fingerprint density at radius 2 is 2.40 bits per heavy atom. The van der Waals surface area contributed by atoms with E-state index in [4.69, 9.17) is 15.2 Å². The molecule has 1 unspecified atom stereocenters. The van der Waals surface area contributed by atoms with Gasteiger partial charge in [0, 0.05) is 18.8 Å². The maximum absolute atomic E-state index is 5.92. The van der Waals surface area contributed by atoms with E-state index in [0.717, 1.165) is 49.7 Å². The lowest BCUT2D eigenvalue weighted by molar-refractivity contribution is -0.0465. The van der Waals surface area contributed by atoms with Crippen LogP contribution in [0, 0.1) is 0 Å². The molecule has 2 N–H and O–H groups in total. The van der Waals surface area contributed by atoms with Gasteiger partial charge in [-0.25, -0.2) is 0 Å². The molecule has 0 saturated carbocycles. The highest BCUT2D eigenvalue weighted by molar-refractivity contribution is 5.48. The number of allylic oxidation sites excluding steroid dienone is 1. The molecule has 1 aromatic carbocycles. The quantitative estimate of drug-likeness (QED) is 0.638. The second kappa shape index (κ2) is 7.31. The van der Waals surface area contributed by atoms with E-state index in [9.17, 15) is 0 Å². The molecule has 1 saturated heterocycles. The van der Waals surface area contributed by atoms with Gasteiger partial charge in [-0.1, -0.05) is 13.0 Å². The van der Waals surface area contributed by atoms with E-state index in [2.05, 4.69) is 18.4 Å². The van der Waals surface area contributed by atoms with Crippen LogP contribution in [0.2, 0.25) is 0 Å². The summed E-state index contributed by atoms with van der Waals surface area (Å²) in [5.74, 6) is 0.872. The Morgan fingerprint density at radius 3 is 3.15 bits per heavy atom. The highest BCUT2D eigenvalue weighted by atomic mass is 16.5. The van der Waals surface area contributed by atoms with Gasteiger partial charge in [0.05, 0.1) is 6.61 Å². The Morgan fingerprint density at radius 1 is 1.55 bits per heavy atom. The van der Waals surface area contributed by atoms with Crippen LogP contribution in [0.15, 0.2) is 30.9 Å². The molecule has 4 heteroatoms. The molecule has 20 heavy (non-hydrogen) atoms. The number of nitrogens with two attached hydrogens (primary N) is 1. The van der Waals surface area contributed by atoms with Gasteiger partial charge in [0.1, 0.15) is 18.5 Å². The van der Waals surface area contributed by atoms with Crippen molar-refractivity contribution in [3.05, 3.63) is 36.4 Å². The van der Waals surface area contributed by atoms with Crippen molar-refractivity contribution >= 4 is 5.69 Å². The fraction of sp³-hybridized carbons (Fsp3) is 0.500. The van der Waals surface area contributed by atoms with Crippen LogP contribution in [0.3, 0.4) is 0 Å². The van der Waals surface area contributed by atoms with Gasteiger partial charge in [0.2, 0.25) is 0 Å². The Hall–Kier alpha value is -1.52. The monoisotopic (exact) mass is 276 g/mol. The molecule has 1 aliphatic rings. The van der Waals surface area contributed by atoms with Crippen molar-refractivity contribution < 1.29 is 9.47 Å². The van der Waals surface area contributed by atoms with Crippen LogP contribution in [0.4, 0.5) is 5.69 Å². The number of likely N-dealkylation sites (N-methyl/N-ethyl adjacent to an activating group) is 1. The smallest absolute Gasteiger partial charge is 0.123 e. The molecule has 0 radical (unpaired) electrons. The summed E-state index contributed by atoms with van der Waals surface area (Å²) >= 11 is 0. The van der Waals surface area contributed by atoms with E-state index in [-0.39, 0.29) is 6.10 Å². The first kappa shape index (κ1) is 14.9. The van der Waals surface area contributed by atoms with Crippen LogP contribution in [0.5, 0.6) is 5.75 Å². The first-order valence-corrected chi connectivity index (χ1v) is 7.19. The number of rotatable bonds is 6. The van der Waals surface area contributed by atoms with E-state index in [1.807, 2.05) is 24.3 Å². The maximum atomic E-state index is 5.92. The number of hydrogen-bond acceptors (Lipinski definition) is 4. The van der Waals surface area contributed by atoms with Crippen molar-refractivity contribution in [2.24, 2.45) is 0 Å². The van der Waals surface area contributed by atoms with Crippen LogP contribution >= 0.6 is 0 Å². The minimum Gasteiger partial charge on any atom is -0.491 e. The Bertz CT molecular complexity index is 448. The molecule has 0 aliphatic carbocycles. The lowest BCUT2D eigenvalue weighted by Gasteiger charge is -2.32. The molecule has 4 nitrogen and oxygen atoms in total. The minimum atomic E-state index is 0.137. The largest absolute Gasteiger partial charge is 0.491 e. The van der Waals surface area contributed by atoms with Crippen molar-refractivity contribution in [1.82, 2.24) is 4.90 Å². The Kier molecular flexibility index (Phi) is 5.44. The van der Waals surface area contributed by atoms with Gasteiger partial charge in [-0.3, -0.25) is 4.90 Å². The number of ether oxygens (including phenoxy) is 2. The van der Waals surface area contributed by atoms with Gasteiger partial charge in [-0.05, 0) is 36.7 Å². The number of benzene rings is 1. The summed E-state index contributed by atoms with van der Waals surface area (Å²) in [6.45, 7) is 10.3. The van der Waals surface area contributed by atoms with E-state index in [0.29, 0.717) is 6.61 Å². The highest BCUT2D eigenvalue weighted by Gasteiger charge is 2.20. The molecule has 1 aliphatic heterocycles. The van der Waals surface area contributed by atoms with Crippen LogP contribution in [0.25, 0.3) is 0 Å². The van der Waals surface area contributed by atoms with E-state index >= 15 is 0 Å². The highest BCUT2D eigenvalue weighted by Crippen LogP contribution is 2.23. The summed E-state index contributed by atoms with van der Waals surface area (Å²) in [5, 5.41) is 0. The summed E-state index contributed by atoms with van der Waals surface area (Å²) in [7, 11) is 0. The number of nitrogens with zero attached hydrogens (tertiary/aromatic N) is 1. The molecule has 1 atom stereocenters. The molecule has 0 spiro atoms. The topological polar surface area (TPSA) is 47.7 Å². The van der Waals surface area contributed by atoms with Gasteiger partial charge in [-0.2, -0.15) is 0 Å². The van der Waals surface area contributed by atoms with Gasteiger partial charge in [-0.15, -0.1) is 6.58 Å². The fourth-order valence-electron chi connectivity index (χ4n) is 2.41. The van der Waals surface area contributed by atoms with E-state index < -0.39 is 0 Å². The standard InChI is InChI=1S/C16H24N2O2/c1-3-5-13-10-14(17)6-7-16(13)20-12-15-11-18(4-2)8-9-19-15/h3,6-7,10,15H,1,4-5,8-9,11-12,17H2,2H3. The average Bonchev–Trinajstić information content (AvgIpc) is 2.47. The lowest BCUT2D eigenvalue weighted by atomic mass is 10.1. The molecule has 0 amide bonds. The number of morpholine rings is 1. The molecule has 0 bridgehead atoms. The molecular weight excluding hydrogens is 252 g/mol. The zero-order chi connectivity index (χ0) is 14.4. The van der Waals surface area contributed by atoms with Crippen molar-refractivity contribution in [2.75, 3.05) is 38.6 Å². The molecule has 1 aromatic rings. The number of hydrogen-bond donors (Lipinski definition) is 1. The maximum Gasteiger partial charge on any atom is 0.123 e. The third kappa shape index (κ3) is 3.99. The summed E-state index contributed by atoms with van der Waals surface area (Å²) in [6, 6.07) is 5.73. The number of anilines is 1. The van der Waals surface area contributed by atoms with Gasteiger partial charge in [0.25, 0.3) is 0 Å². The molecule has 0 aromatic heterocycles. The third-order valence-electron chi connectivity index (χ3n) is 3.54. The van der Waals surface area contributed by atoms with Crippen molar-refractivity contribution in [2.45, 2.75) is 19.4 Å². The molecule has 2 rings (SSSR count). The van der Waals surface area contributed by atoms with Gasteiger partial charge >= 0.3 is 0 Å². The first-order valence-electron chi connectivity index (χ1n) is 7.19. The zero-order valence-electron chi connectivity index (χ0n) is 12.2. The van der Waals surface area contributed by atoms with Crippen LogP contribution in [-0.4, -0.2) is 43.9 Å². The van der Waals surface area contributed by atoms with Gasteiger partial charge in [0.15, 0.2) is 0 Å². The summed E-state index contributed by atoms with van der Waals surface area (Å²) < 4.78 is 11.7. The third-order valence-corrected chi connectivity index (χ3v) is 3.54. The molecule has 110 valence electrons. The summed E-state index contributed by atoms with van der Waals surface area (Å²) in [6.07, 6.45) is 2.75. The predicted molar refractivity (Wildman–Crippen MR) is 82.1 cm³/mol. The van der Waals surface area contributed by atoms with Crippen molar-refractivity contribution in [3.8, 4) is 5.75 Å². The van der Waals surface area contributed by atoms with Gasteiger partial charge < -0.3 is 15.2 Å². The molecular formula is C16H24N2O2. The number of nitrogen functional groups attached to an aromatic ring is 1. The SMILES string of the molecule is C=CCc1cc(N)ccc1OCC1CN(CC)CCO1. The van der Waals surface area contributed by atoms with Crippen LogP contribution < -0.4 is 10.5 Å². The summed E-state index contributed by atoms with van der Waals surface area (Å²) in [4.78, 5) is 2.38. The van der Waals surface area contributed by atoms with E-state index in [1.54, 1.807) is 0 Å². The normalized spacial score (nSPS) is 19.8. The Labute approximate surface area is 121 Å². The van der Waals surface area contributed by atoms with E-state index in [1.165, 1.54) is 0 Å². The predicted octanol–water partition coefficient (Wildman–Crippen LogP) is 2.10. The average molecular weight is 276 g/mol. The lowest BCUT2D eigenvalue weighted by Crippen LogP contribution is -2.44. The minimum absolute atomic E-state index is 0.137.